The number of benzene rings is 1. The third-order valence-electron chi connectivity index (χ3n) is 4.21. The number of nitrogens with zero attached hydrogens (tertiary/aromatic N) is 2. The molecule has 1 aromatic rings. The van der Waals surface area contributed by atoms with Crippen LogP contribution in [-0.2, 0) is 14.4 Å². The van der Waals surface area contributed by atoms with E-state index in [4.69, 9.17) is 0 Å². The van der Waals surface area contributed by atoms with Crippen LogP contribution < -0.4 is 15.6 Å². The zero-order chi connectivity index (χ0) is 16.4. The highest BCUT2D eigenvalue weighted by Gasteiger charge is 2.29. The number of rotatable bonds is 3. The van der Waals surface area contributed by atoms with Crippen molar-refractivity contribution in [3.8, 4) is 0 Å². The molecule has 1 aromatic carbocycles. The van der Waals surface area contributed by atoms with Gasteiger partial charge in [0.2, 0.25) is 11.8 Å². The number of anilines is 1. The van der Waals surface area contributed by atoms with E-state index in [2.05, 4.69) is 15.8 Å². The Morgan fingerprint density at radius 2 is 2.13 bits per heavy atom. The SMILES string of the molecule is CN1C(=O)CC(CNC(=O)C2=NNC(=O)CC2)c2ccccc21. The third kappa shape index (κ3) is 3.08. The number of hydrogen-bond donors (Lipinski definition) is 2. The van der Waals surface area contributed by atoms with Crippen LogP contribution in [0, 0.1) is 0 Å². The number of nitrogens with one attached hydrogen (secondary N) is 2. The van der Waals surface area contributed by atoms with E-state index in [1.54, 1.807) is 11.9 Å². The van der Waals surface area contributed by atoms with Crippen LogP contribution in [0.3, 0.4) is 0 Å². The Bertz CT molecular complexity index is 698. The summed E-state index contributed by atoms with van der Waals surface area (Å²) in [4.78, 5) is 36.9. The summed E-state index contributed by atoms with van der Waals surface area (Å²) in [6.45, 7) is 0.363. The molecule has 0 aromatic heterocycles. The largest absolute Gasteiger partial charge is 0.350 e. The zero-order valence-corrected chi connectivity index (χ0v) is 12.8. The van der Waals surface area contributed by atoms with Crippen molar-refractivity contribution in [1.82, 2.24) is 10.7 Å². The van der Waals surface area contributed by atoms with E-state index in [1.807, 2.05) is 24.3 Å². The van der Waals surface area contributed by atoms with E-state index in [1.165, 1.54) is 0 Å². The molecule has 3 rings (SSSR count). The molecule has 0 aliphatic carbocycles. The smallest absolute Gasteiger partial charge is 0.267 e. The first-order chi connectivity index (χ1) is 11.1. The maximum Gasteiger partial charge on any atom is 0.267 e. The van der Waals surface area contributed by atoms with Crippen molar-refractivity contribution < 1.29 is 14.4 Å². The van der Waals surface area contributed by atoms with Crippen molar-refractivity contribution in [2.24, 2.45) is 5.10 Å². The van der Waals surface area contributed by atoms with Gasteiger partial charge in [-0.1, -0.05) is 18.2 Å². The monoisotopic (exact) mass is 314 g/mol. The molecule has 0 bridgehead atoms. The molecule has 1 unspecified atom stereocenters. The van der Waals surface area contributed by atoms with Crippen molar-refractivity contribution in [3.63, 3.8) is 0 Å². The topological polar surface area (TPSA) is 90.9 Å². The van der Waals surface area contributed by atoms with Crippen LogP contribution in [0.4, 0.5) is 5.69 Å². The number of hydrogen-bond acceptors (Lipinski definition) is 4. The molecule has 1 atom stereocenters. The number of carbonyl (C=O) groups excluding carboxylic acids is 3. The van der Waals surface area contributed by atoms with Crippen molar-refractivity contribution in [2.45, 2.75) is 25.2 Å². The maximum absolute atomic E-state index is 12.1. The predicted molar refractivity (Wildman–Crippen MR) is 85.0 cm³/mol. The second kappa shape index (κ2) is 6.20. The fraction of sp³-hybridized carbons (Fsp3) is 0.375. The Labute approximate surface area is 133 Å². The lowest BCUT2D eigenvalue weighted by molar-refractivity contribution is -0.121. The highest BCUT2D eigenvalue weighted by molar-refractivity contribution is 6.39. The van der Waals surface area contributed by atoms with E-state index in [-0.39, 0.29) is 30.1 Å². The molecular weight excluding hydrogens is 296 g/mol. The van der Waals surface area contributed by atoms with Gasteiger partial charge in [-0.05, 0) is 11.6 Å². The Kier molecular flexibility index (Phi) is 4.10. The summed E-state index contributed by atoms with van der Waals surface area (Å²) in [6.07, 6.45) is 0.958. The number of hydrazone groups is 1. The molecule has 2 aliphatic rings. The van der Waals surface area contributed by atoms with Gasteiger partial charge in [-0.25, -0.2) is 5.43 Å². The first-order valence-corrected chi connectivity index (χ1v) is 7.55. The summed E-state index contributed by atoms with van der Waals surface area (Å²) in [5, 5.41) is 6.60. The van der Waals surface area contributed by atoms with Crippen molar-refractivity contribution >= 4 is 29.1 Å². The summed E-state index contributed by atoms with van der Waals surface area (Å²) >= 11 is 0. The minimum Gasteiger partial charge on any atom is -0.350 e. The van der Waals surface area contributed by atoms with Crippen LogP contribution >= 0.6 is 0 Å². The van der Waals surface area contributed by atoms with Gasteiger partial charge >= 0.3 is 0 Å². The molecule has 0 fully saturated rings. The summed E-state index contributed by atoms with van der Waals surface area (Å²) in [5.74, 6) is -0.506. The van der Waals surface area contributed by atoms with Gasteiger partial charge in [0.05, 0.1) is 0 Å². The molecule has 0 saturated carbocycles. The van der Waals surface area contributed by atoms with E-state index in [0.29, 0.717) is 25.1 Å². The lowest BCUT2D eigenvalue weighted by atomic mass is 9.89. The van der Waals surface area contributed by atoms with E-state index in [0.717, 1.165) is 11.3 Å². The van der Waals surface area contributed by atoms with Crippen LogP contribution in [0.1, 0.15) is 30.7 Å². The Morgan fingerprint density at radius 3 is 2.87 bits per heavy atom. The maximum atomic E-state index is 12.1. The molecule has 120 valence electrons. The first-order valence-electron chi connectivity index (χ1n) is 7.55. The van der Waals surface area contributed by atoms with E-state index >= 15 is 0 Å². The van der Waals surface area contributed by atoms with Gasteiger partial charge in [0, 0.05) is 44.5 Å². The Balaban J connectivity index is 1.69. The minimum atomic E-state index is -0.297. The standard InChI is InChI=1S/C16H18N4O3/c1-20-13-5-3-2-4-11(13)10(8-15(20)22)9-17-16(23)12-6-7-14(21)19-18-12/h2-5,10H,6-9H2,1H3,(H,17,23)(H,19,21). The second-order valence-corrected chi connectivity index (χ2v) is 5.72. The van der Waals surface area contributed by atoms with Crippen molar-refractivity contribution in [1.29, 1.82) is 0 Å². The average Bonchev–Trinajstić information content (AvgIpc) is 2.57. The summed E-state index contributed by atoms with van der Waals surface area (Å²) < 4.78 is 0. The van der Waals surface area contributed by atoms with Crippen LogP contribution in [0.2, 0.25) is 0 Å². The molecule has 7 nitrogen and oxygen atoms in total. The van der Waals surface area contributed by atoms with Gasteiger partial charge in [-0.3, -0.25) is 14.4 Å². The van der Waals surface area contributed by atoms with Crippen LogP contribution in [-0.4, -0.2) is 37.0 Å². The van der Waals surface area contributed by atoms with Crippen molar-refractivity contribution in [3.05, 3.63) is 29.8 Å². The van der Waals surface area contributed by atoms with Gasteiger partial charge in [0.15, 0.2) is 0 Å². The van der Waals surface area contributed by atoms with Gasteiger partial charge in [0.25, 0.3) is 5.91 Å². The molecule has 2 N–H and O–H groups in total. The molecule has 2 heterocycles. The van der Waals surface area contributed by atoms with E-state index < -0.39 is 0 Å². The number of para-hydroxylation sites is 1. The number of amides is 3. The van der Waals surface area contributed by atoms with Crippen LogP contribution in [0.15, 0.2) is 29.4 Å². The normalized spacial score (nSPS) is 20.5. The molecule has 0 spiro atoms. The lowest BCUT2D eigenvalue weighted by Gasteiger charge is -2.31. The first kappa shape index (κ1) is 15.2. The number of carbonyl (C=O) groups is 3. The molecule has 0 radical (unpaired) electrons. The third-order valence-corrected chi connectivity index (χ3v) is 4.21. The molecule has 2 aliphatic heterocycles. The molecule has 0 saturated heterocycles. The van der Waals surface area contributed by atoms with Gasteiger partial charge in [-0.15, -0.1) is 0 Å². The fourth-order valence-corrected chi connectivity index (χ4v) is 2.87. The quantitative estimate of drug-likeness (QED) is 0.852. The van der Waals surface area contributed by atoms with Crippen LogP contribution in [0.25, 0.3) is 0 Å². The highest BCUT2D eigenvalue weighted by Crippen LogP contribution is 2.34. The van der Waals surface area contributed by atoms with Crippen LogP contribution in [0.5, 0.6) is 0 Å². The second-order valence-electron chi connectivity index (χ2n) is 5.72. The lowest BCUT2D eigenvalue weighted by Crippen LogP contribution is -2.41. The average molecular weight is 314 g/mol. The molecule has 7 heteroatoms. The summed E-state index contributed by atoms with van der Waals surface area (Å²) in [7, 11) is 1.76. The summed E-state index contributed by atoms with van der Waals surface area (Å²) in [6, 6.07) is 7.70. The van der Waals surface area contributed by atoms with Gasteiger partial charge in [-0.2, -0.15) is 5.10 Å². The molecular formula is C16H18N4O3. The fourth-order valence-electron chi connectivity index (χ4n) is 2.87. The zero-order valence-electron chi connectivity index (χ0n) is 12.8. The van der Waals surface area contributed by atoms with E-state index in [9.17, 15) is 14.4 Å². The van der Waals surface area contributed by atoms with Crippen molar-refractivity contribution in [2.75, 3.05) is 18.5 Å². The Hall–Kier alpha value is -2.70. The van der Waals surface area contributed by atoms with Gasteiger partial charge < -0.3 is 10.2 Å². The Morgan fingerprint density at radius 1 is 1.35 bits per heavy atom. The highest BCUT2D eigenvalue weighted by atomic mass is 16.2. The molecule has 23 heavy (non-hydrogen) atoms. The minimum absolute atomic E-state index is 0.0326. The number of fused-ring (bicyclic) bond motifs is 1. The molecule has 3 amide bonds. The summed E-state index contributed by atoms with van der Waals surface area (Å²) in [5.41, 5.74) is 4.55. The predicted octanol–water partition coefficient (Wildman–Crippen LogP) is 0.519. The van der Waals surface area contributed by atoms with Gasteiger partial charge in [0.1, 0.15) is 5.71 Å².